The number of sulfonamides is 1. The van der Waals surface area contributed by atoms with Gasteiger partial charge in [0.1, 0.15) is 0 Å². The Morgan fingerprint density at radius 3 is 2.28 bits per heavy atom. The summed E-state index contributed by atoms with van der Waals surface area (Å²) in [5.41, 5.74) is 0.843. The van der Waals surface area contributed by atoms with E-state index in [1.807, 2.05) is 6.07 Å². The summed E-state index contributed by atoms with van der Waals surface area (Å²) >= 11 is 0. The first-order valence-corrected chi connectivity index (χ1v) is 9.93. The van der Waals surface area contributed by atoms with Crippen LogP contribution in [0.2, 0.25) is 0 Å². The van der Waals surface area contributed by atoms with E-state index in [1.165, 1.54) is 4.31 Å². The Hall–Kier alpha value is -1.80. The molecule has 1 aromatic carbocycles. The van der Waals surface area contributed by atoms with E-state index in [9.17, 15) is 13.2 Å². The van der Waals surface area contributed by atoms with Gasteiger partial charge in [0.05, 0.1) is 25.9 Å². The largest absolute Gasteiger partial charge is 0.493 e. The average Bonchev–Trinajstić information content (AvgIpc) is 3.47. The van der Waals surface area contributed by atoms with Crippen LogP contribution in [0.15, 0.2) is 18.2 Å². The zero-order chi connectivity index (χ0) is 18.0. The van der Waals surface area contributed by atoms with Crippen molar-refractivity contribution in [2.75, 3.05) is 40.4 Å². The molecule has 0 unspecified atom stereocenters. The summed E-state index contributed by atoms with van der Waals surface area (Å²) in [4.78, 5) is 14.2. The van der Waals surface area contributed by atoms with Gasteiger partial charge in [-0.25, -0.2) is 8.42 Å². The molecule has 1 aromatic rings. The molecule has 0 spiro atoms. The summed E-state index contributed by atoms with van der Waals surface area (Å²) in [6.45, 7) is 1.66. The molecule has 25 heavy (non-hydrogen) atoms. The van der Waals surface area contributed by atoms with Gasteiger partial charge in [-0.3, -0.25) is 4.79 Å². The highest BCUT2D eigenvalue weighted by molar-refractivity contribution is 7.90. The minimum atomic E-state index is -3.15. The smallest absolute Gasteiger partial charge is 0.227 e. The van der Waals surface area contributed by atoms with Crippen LogP contribution in [0.1, 0.15) is 18.4 Å². The molecule has 0 bridgehead atoms. The molecule has 0 aromatic heterocycles. The predicted octanol–water partition coefficient (Wildman–Crippen LogP) is 0.883. The molecule has 0 N–H and O–H groups in total. The second-order valence-electron chi connectivity index (χ2n) is 6.39. The number of ether oxygens (including phenoxy) is 2. The van der Waals surface area contributed by atoms with Crippen molar-refractivity contribution < 1.29 is 22.7 Å². The SMILES string of the molecule is COc1ccc(CC(=O)N2CCN(S(=O)(=O)C3CC3)CC2)cc1OC. The van der Waals surface area contributed by atoms with Crippen molar-refractivity contribution in [1.82, 2.24) is 9.21 Å². The molecule has 1 amide bonds. The second-order valence-corrected chi connectivity index (χ2v) is 8.60. The van der Waals surface area contributed by atoms with Gasteiger partial charge in [-0.05, 0) is 30.5 Å². The Balaban J connectivity index is 1.58. The summed E-state index contributed by atoms with van der Waals surface area (Å²) in [5, 5.41) is -0.193. The zero-order valence-electron chi connectivity index (χ0n) is 14.6. The highest BCUT2D eigenvalue weighted by atomic mass is 32.2. The molecule has 1 saturated carbocycles. The molecule has 2 aliphatic rings. The predicted molar refractivity (Wildman–Crippen MR) is 93.3 cm³/mol. The van der Waals surface area contributed by atoms with Crippen LogP contribution in [0.25, 0.3) is 0 Å². The number of benzene rings is 1. The van der Waals surface area contributed by atoms with Crippen LogP contribution >= 0.6 is 0 Å². The van der Waals surface area contributed by atoms with Crippen LogP contribution in [-0.2, 0) is 21.2 Å². The van der Waals surface area contributed by atoms with Gasteiger partial charge in [0, 0.05) is 26.2 Å². The molecule has 138 valence electrons. The standard InChI is InChI=1S/C17H24N2O5S/c1-23-15-6-3-13(11-16(15)24-2)12-17(20)18-7-9-19(10-8-18)25(21,22)14-4-5-14/h3,6,11,14H,4-5,7-10,12H2,1-2H3. The lowest BCUT2D eigenvalue weighted by molar-refractivity contribution is -0.131. The molecule has 1 aliphatic carbocycles. The second kappa shape index (κ2) is 7.21. The van der Waals surface area contributed by atoms with E-state index in [0.29, 0.717) is 37.7 Å². The third-order valence-electron chi connectivity index (χ3n) is 4.70. The fourth-order valence-corrected chi connectivity index (χ4v) is 4.87. The molecular weight excluding hydrogens is 344 g/mol. The molecule has 1 aliphatic heterocycles. The first-order valence-electron chi connectivity index (χ1n) is 8.43. The fraction of sp³-hybridized carbons (Fsp3) is 0.588. The normalized spacial score (nSPS) is 18.9. The van der Waals surface area contributed by atoms with Gasteiger partial charge in [-0.2, -0.15) is 4.31 Å². The van der Waals surface area contributed by atoms with Crippen LogP contribution in [-0.4, -0.2) is 69.2 Å². The number of rotatable bonds is 6. The Morgan fingerprint density at radius 1 is 1.08 bits per heavy atom. The van der Waals surface area contributed by atoms with Crippen molar-refractivity contribution in [3.63, 3.8) is 0 Å². The summed E-state index contributed by atoms with van der Waals surface area (Å²) < 4.78 is 36.5. The first-order chi connectivity index (χ1) is 12.0. The molecule has 1 saturated heterocycles. The number of hydrogen-bond acceptors (Lipinski definition) is 5. The number of carbonyl (C=O) groups is 1. The van der Waals surface area contributed by atoms with E-state index in [4.69, 9.17) is 9.47 Å². The van der Waals surface area contributed by atoms with Gasteiger partial charge in [0.15, 0.2) is 11.5 Å². The summed E-state index contributed by atoms with van der Waals surface area (Å²) in [6, 6.07) is 5.42. The highest BCUT2D eigenvalue weighted by Gasteiger charge is 2.41. The fourth-order valence-electron chi connectivity index (χ4n) is 3.05. The number of carbonyl (C=O) groups excluding carboxylic acids is 1. The van der Waals surface area contributed by atoms with E-state index in [-0.39, 0.29) is 17.6 Å². The number of amides is 1. The zero-order valence-corrected chi connectivity index (χ0v) is 15.4. The lowest BCUT2D eigenvalue weighted by atomic mass is 10.1. The van der Waals surface area contributed by atoms with Gasteiger partial charge in [0.25, 0.3) is 0 Å². The van der Waals surface area contributed by atoms with Gasteiger partial charge in [-0.15, -0.1) is 0 Å². The van der Waals surface area contributed by atoms with Crippen LogP contribution in [0.3, 0.4) is 0 Å². The topological polar surface area (TPSA) is 76.2 Å². The van der Waals surface area contributed by atoms with Crippen molar-refractivity contribution in [2.45, 2.75) is 24.5 Å². The van der Waals surface area contributed by atoms with Crippen molar-refractivity contribution in [3.05, 3.63) is 23.8 Å². The summed E-state index contributed by atoms with van der Waals surface area (Å²) in [6.07, 6.45) is 1.79. The van der Waals surface area contributed by atoms with Gasteiger partial charge in [0.2, 0.25) is 15.9 Å². The lowest BCUT2D eigenvalue weighted by Crippen LogP contribution is -2.51. The molecule has 2 fully saturated rings. The lowest BCUT2D eigenvalue weighted by Gasteiger charge is -2.34. The Kier molecular flexibility index (Phi) is 5.19. The minimum Gasteiger partial charge on any atom is -0.493 e. The third-order valence-corrected chi connectivity index (χ3v) is 7.10. The van der Waals surface area contributed by atoms with Crippen LogP contribution in [0, 0.1) is 0 Å². The summed E-state index contributed by atoms with van der Waals surface area (Å²) in [7, 11) is -0.0228. The van der Waals surface area contributed by atoms with Crippen molar-refractivity contribution in [3.8, 4) is 11.5 Å². The number of methoxy groups -OCH3 is 2. The van der Waals surface area contributed by atoms with Crippen LogP contribution in [0.4, 0.5) is 0 Å². The number of nitrogens with zero attached hydrogens (tertiary/aromatic N) is 2. The maximum Gasteiger partial charge on any atom is 0.227 e. The molecule has 1 heterocycles. The van der Waals surface area contributed by atoms with Gasteiger partial charge >= 0.3 is 0 Å². The van der Waals surface area contributed by atoms with Crippen LogP contribution in [0.5, 0.6) is 11.5 Å². The van der Waals surface area contributed by atoms with Gasteiger partial charge < -0.3 is 14.4 Å². The molecule has 3 rings (SSSR count). The van der Waals surface area contributed by atoms with E-state index >= 15 is 0 Å². The number of piperazine rings is 1. The van der Waals surface area contributed by atoms with Gasteiger partial charge in [-0.1, -0.05) is 6.07 Å². The van der Waals surface area contributed by atoms with E-state index in [2.05, 4.69) is 0 Å². The van der Waals surface area contributed by atoms with E-state index < -0.39 is 10.0 Å². The van der Waals surface area contributed by atoms with Crippen LogP contribution < -0.4 is 9.47 Å². The quantitative estimate of drug-likeness (QED) is 0.745. The molecule has 7 nitrogen and oxygen atoms in total. The summed E-state index contributed by atoms with van der Waals surface area (Å²) in [5.74, 6) is 1.21. The van der Waals surface area contributed by atoms with Crippen molar-refractivity contribution in [1.29, 1.82) is 0 Å². The monoisotopic (exact) mass is 368 g/mol. The van der Waals surface area contributed by atoms with Crippen molar-refractivity contribution in [2.24, 2.45) is 0 Å². The molecule has 0 radical (unpaired) electrons. The Bertz CT molecular complexity index is 737. The van der Waals surface area contributed by atoms with E-state index in [1.54, 1.807) is 31.3 Å². The van der Waals surface area contributed by atoms with E-state index in [0.717, 1.165) is 18.4 Å². The third kappa shape index (κ3) is 3.90. The molecule has 0 atom stereocenters. The maximum atomic E-state index is 12.5. The molecule has 8 heteroatoms. The highest BCUT2D eigenvalue weighted by Crippen LogP contribution is 2.31. The Labute approximate surface area is 148 Å². The van der Waals surface area contributed by atoms with Crippen molar-refractivity contribution >= 4 is 15.9 Å². The Morgan fingerprint density at radius 2 is 1.72 bits per heavy atom. The maximum absolute atomic E-state index is 12.5. The average molecular weight is 368 g/mol. The number of hydrogen-bond donors (Lipinski definition) is 0. The molecular formula is C17H24N2O5S. The first kappa shape index (κ1) is 18.0. The minimum absolute atomic E-state index is 0.00399.